The van der Waals surface area contributed by atoms with E-state index in [1.54, 1.807) is 13.8 Å². The average molecular weight is 271 g/mol. The standard InChI is InChI=1S/C14H29N3O2/c1-5-7-14(10-15,8-6-2)12(19)17-13(3,4)9-11(16)18/h5-10,15H2,1-4H3,(H2,16,18)(H,17,19). The third-order valence-electron chi connectivity index (χ3n) is 3.40. The zero-order valence-electron chi connectivity index (χ0n) is 12.7. The van der Waals surface area contributed by atoms with Crippen LogP contribution in [0.3, 0.4) is 0 Å². The molecule has 2 amide bonds. The Bertz CT molecular complexity index is 308. The molecule has 0 aromatic heterocycles. The first-order valence-electron chi connectivity index (χ1n) is 7.04. The number of carbonyl (C=O) groups excluding carboxylic acids is 2. The average Bonchev–Trinajstić information content (AvgIpc) is 2.25. The molecular weight excluding hydrogens is 242 g/mol. The summed E-state index contributed by atoms with van der Waals surface area (Å²) < 4.78 is 0. The van der Waals surface area contributed by atoms with Crippen LogP contribution in [0.15, 0.2) is 0 Å². The molecule has 0 aromatic rings. The van der Waals surface area contributed by atoms with E-state index in [1.165, 1.54) is 0 Å². The second-order valence-electron chi connectivity index (χ2n) is 5.97. The van der Waals surface area contributed by atoms with Crippen molar-refractivity contribution >= 4 is 11.8 Å². The first-order chi connectivity index (χ1) is 8.73. The van der Waals surface area contributed by atoms with Gasteiger partial charge in [-0.25, -0.2) is 0 Å². The van der Waals surface area contributed by atoms with Gasteiger partial charge in [-0.2, -0.15) is 0 Å². The zero-order valence-corrected chi connectivity index (χ0v) is 12.7. The van der Waals surface area contributed by atoms with Crippen molar-refractivity contribution in [3.05, 3.63) is 0 Å². The zero-order chi connectivity index (χ0) is 15.1. The van der Waals surface area contributed by atoms with Crippen LogP contribution in [0.5, 0.6) is 0 Å². The van der Waals surface area contributed by atoms with Gasteiger partial charge in [-0.05, 0) is 26.7 Å². The molecule has 0 bridgehead atoms. The summed E-state index contributed by atoms with van der Waals surface area (Å²) in [6.07, 6.45) is 3.45. The van der Waals surface area contributed by atoms with E-state index < -0.39 is 16.9 Å². The molecule has 0 unspecified atom stereocenters. The molecule has 19 heavy (non-hydrogen) atoms. The van der Waals surface area contributed by atoms with Gasteiger partial charge in [-0.3, -0.25) is 9.59 Å². The molecule has 0 saturated heterocycles. The summed E-state index contributed by atoms with van der Waals surface area (Å²) in [5.41, 5.74) is 9.88. The Hall–Kier alpha value is -1.10. The van der Waals surface area contributed by atoms with Gasteiger partial charge in [0.25, 0.3) is 0 Å². The van der Waals surface area contributed by atoms with Gasteiger partial charge in [-0.15, -0.1) is 0 Å². The Balaban J connectivity index is 4.95. The predicted molar refractivity (Wildman–Crippen MR) is 77.3 cm³/mol. The number of rotatable bonds is 9. The second kappa shape index (κ2) is 7.48. The molecule has 5 N–H and O–H groups in total. The Morgan fingerprint density at radius 2 is 1.58 bits per heavy atom. The summed E-state index contributed by atoms with van der Waals surface area (Å²) in [6, 6.07) is 0. The molecule has 0 aliphatic heterocycles. The smallest absolute Gasteiger partial charge is 0.227 e. The highest BCUT2D eigenvalue weighted by molar-refractivity contribution is 5.84. The van der Waals surface area contributed by atoms with Gasteiger partial charge in [-0.1, -0.05) is 26.7 Å². The minimum absolute atomic E-state index is 0.0649. The Morgan fingerprint density at radius 1 is 1.11 bits per heavy atom. The van der Waals surface area contributed by atoms with Gasteiger partial charge in [0.2, 0.25) is 11.8 Å². The maximum Gasteiger partial charge on any atom is 0.227 e. The number of nitrogens with one attached hydrogen (secondary N) is 1. The van der Waals surface area contributed by atoms with Gasteiger partial charge in [0.05, 0.1) is 5.41 Å². The van der Waals surface area contributed by atoms with Crippen LogP contribution >= 0.6 is 0 Å². The summed E-state index contributed by atoms with van der Waals surface area (Å²) in [5, 5.41) is 2.93. The van der Waals surface area contributed by atoms with Crippen LogP contribution in [0, 0.1) is 5.41 Å². The first-order valence-corrected chi connectivity index (χ1v) is 7.04. The van der Waals surface area contributed by atoms with Crippen molar-refractivity contribution in [3.63, 3.8) is 0 Å². The van der Waals surface area contributed by atoms with Crippen molar-refractivity contribution in [2.24, 2.45) is 16.9 Å². The van der Waals surface area contributed by atoms with Crippen molar-refractivity contribution in [1.29, 1.82) is 0 Å². The number of primary amides is 1. The lowest BCUT2D eigenvalue weighted by Crippen LogP contribution is -2.54. The molecule has 0 aliphatic rings. The number of carbonyl (C=O) groups is 2. The van der Waals surface area contributed by atoms with Crippen molar-refractivity contribution in [1.82, 2.24) is 5.32 Å². The van der Waals surface area contributed by atoms with Crippen molar-refractivity contribution < 1.29 is 9.59 Å². The SMILES string of the molecule is CCCC(CN)(CCC)C(=O)NC(C)(C)CC(N)=O. The minimum Gasteiger partial charge on any atom is -0.370 e. The van der Waals surface area contributed by atoms with Crippen LogP contribution in [0.2, 0.25) is 0 Å². The van der Waals surface area contributed by atoms with Crippen molar-refractivity contribution in [3.8, 4) is 0 Å². The van der Waals surface area contributed by atoms with Gasteiger partial charge in [0.15, 0.2) is 0 Å². The fourth-order valence-corrected chi connectivity index (χ4v) is 2.53. The van der Waals surface area contributed by atoms with E-state index in [4.69, 9.17) is 11.5 Å². The maximum absolute atomic E-state index is 12.5. The third-order valence-corrected chi connectivity index (χ3v) is 3.40. The minimum atomic E-state index is -0.634. The highest BCUT2D eigenvalue weighted by atomic mass is 16.2. The van der Waals surface area contributed by atoms with Gasteiger partial charge in [0.1, 0.15) is 0 Å². The number of hydrogen-bond acceptors (Lipinski definition) is 3. The monoisotopic (exact) mass is 271 g/mol. The van der Waals surface area contributed by atoms with E-state index >= 15 is 0 Å². The van der Waals surface area contributed by atoms with E-state index in [9.17, 15) is 9.59 Å². The van der Waals surface area contributed by atoms with E-state index in [2.05, 4.69) is 5.32 Å². The quantitative estimate of drug-likeness (QED) is 0.589. The lowest BCUT2D eigenvalue weighted by molar-refractivity contribution is -0.133. The number of hydrogen-bond donors (Lipinski definition) is 3. The van der Waals surface area contributed by atoms with Gasteiger partial charge >= 0.3 is 0 Å². The number of amides is 2. The molecule has 112 valence electrons. The summed E-state index contributed by atoms with van der Waals surface area (Å²) in [4.78, 5) is 23.5. The van der Waals surface area contributed by atoms with Crippen LogP contribution in [0.1, 0.15) is 59.8 Å². The predicted octanol–water partition coefficient (Wildman–Crippen LogP) is 1.30. The summed E-state index contributed by atoms with van der Waals surface area (Å²) in [7, 11) is 0. The van der Waals surface area contributed by atoms with E-state index in [1.807, 2.05) is 13.8 Å². The fraction of sp³-hybridized carbons (Fsp3) is 0.857. The lowest BCUT2D eigenvalue weighted by atomic mass is 9.77. The normalized spacial score (nSPS) is 12.3. The molecule has 0 spiro atoms. The topological polar surface area (TPSA) is 98.2 Å². The van der Waals surface area contributed by atoms with E-state index in [0.717, 1.165) is 25.7 Å². The van der Waals surface area contributed by atoms with Crippen LogP contribution in [0.25, 0.3) is 0 Å². The first kappa shape index (κ1) is 17.9. The molecule has 0 saturated carbocycles. The molecule has 0 aliphatic carbocycles. The maximum atomic E-state index is 12.5. The molecular formula is C14H29N3O2. The highest BCUT2D eigenvalue weighted by Gasteiger charge is 2.38. The Labute approximate surface area is 116 Å². The van der Waals surface area contributed by atoms with Crippen LogP contribution in [-0.2, 0) is 9.59 Å². The van der Waals surface area contributed by atoms with Crippen LogP contribution in [0.4, 0.5) is 0 Å². The molecule has 0 aromatic carbocycles. The molecule has 0 fully saturated rings. The lowest BCUT2D eigenvalue weighted by Gasteiger charge is -2.35. The largest absolute Gasteiger partial charge is 0.370 e. The van der Waals surface area contributed by atoms with Gasteiger partial charge in [0, 0.05) is 18.5 Å². The van der Waals surface area contributed by atoms with Crippen molar-refractivity contribution in [2.75, 3.05) is 6.54 Å². The summed E-state index contributed by atoms with van der Waals surface area (Å²) in [5.74, 6) is -0.486. The summed E-state index contributed by atoms with van der Waals surface area (Å²) in [6.45, 7) is 8.01. The van der Waals surface area contributed by atoms with E-state index in [0.29, 0.717) is 6.54 Å². The molecule has 0 radical (unpaired) electrons. The van der Waals surface area contributed by atoms with E-state index in [-0.39, 0.29) is 12.3 Å². The van der Waals surface area contributed by atoms with Crippen LogP contribution < -0.4 is 16.8 Å². The highest BCUT2D eigenvalue weighted by Crippen LogP contribution is 2.30. The molecule has 5 nitrogen and oxygen atoms in total. The Morgan fingerprint density at radius 3 is 1.89 bits per heavy atom. The molecule has 5 heteroatoms. The molecule has 0 atom stereocenters. The number of nitrogens with two attached hydrogens (primary N) is 2. The van der Waals surface area contributed by atoms with Crippen LogP contribution in [-0.4, -0.2) is 23.9 Å². The second-order valence-corrected chi connectivity index (χ2v) is 5.97. The van der Waals surface area contributed by atoms with Gasteiger partial charge < -0.3 is 16.8 Å². The Kier molecular flexibility index (Phi) is 7.05. The fourth-order valence-electron chi connectivity index (χ4n) is 2.53. The van der Waals surface area contributed by atoms with Crippen molar-refractivity contribution in [2.45, 2.75) is 65.3 Å². The third kappa shape index (κ3) is 5.59. The molecule has 0 heterocycles. The molecule has 0 rings (SSSR count). The summed E-state index contributed by atoms with van der Waals surface area (Å²) >= 11 is 0.